The SMILES string of the molecule is C/C(=C/n1c2c(c3cc(Cl)ccc31)CN(C)[C@@H](C)C2)c1ccncc1. The van der Waals surface area contributed by atoms with E-state index in [4.69, 9.17) is 11.6 Å². The first-order valence-electron chi connectivity index (χ1n) is 8.65. The van der Waals surface area contributed by atoms with Gasteiger partial charge in [0.15, 0.2) is 0 Å². The van der Waals surface area contributed by atoms with E-state index in [-0.39, 0.29) is 0 Å². The Morgan fingerprint density at radius 3 is 2.76 bits per heavy atom. The van der Waals surface area contributed by atoms with Crippen LogP contribution in [0.1, 0.15) is 30.7 Å². The maximum absolute atomic E-state index is 6.29. The Balaban J connectivity index is 1.93. The van der Waals surface area contributed by atoms with Crippen molar-refractivity contribution in [3.63, 3.8) is 0 Å². The molecule has 0 spiro atoms. The largest absolute Gasteiger partial charge is 0.320 e. The van der Waals surface area contributed by atoms with Crippen molar-refractivity contribution in [2.75, 3.05) is 7.05 Å². The Labute approximate surface area is 153 Å². The van der Waals surface area contributed by atoms with Crippen LogP contribution in [-0.2, 0) is 13.0 Å². The van der Waals surface area contributed by atoms with E-state index in [1.54, 1.807) is 0 Å². The number of benzene rings is 1. The zero-order chi connectivity index (χ0) is 17.6. The topological polar surface area (TPSA) is 21.1 Å². The summed E-state index contributed by atoms with van der Waals surface area (Å²) in [6.07, 6.45) is 6.97. The van der Waals surface area contributed by atoms with Crippen molar-refractivity contribution in [2.24, 2.45) is 0 Å². The molecule has 3 nitrogen and oxygen atoms in total. The molecule has 1 aliphatic rings. The molecular weight excluding hydrogens is 330 g/mol. The van der Waals surface area contributed by atoms with Gasteiger partial charge in [0.2, 0.25) is 0 Å². The summed E-state index contributed by atoms with van der Waals surface area (Å²) >= 11 is 6.29. The molecule has 0 saturated heterocycles. The molecule has 4 heteroatoms. The lowest BCUT2D eigenvalue weighted by Crippen LogP contribution is -2.35. The van der Waals surface area contributed by atoms with Gasteiger partial charge in [0, 0.05) is 53.7 Å². The number of pyridine rings is 1. The minimum atomic E-state index is 0.528. The Hall–Kier alpha value is -2.10. The first kappa shape index (κ1) is 16.4. The Morgan fingerprint density at radius 2 is 2.00 bits per heavy atom. The fraction of sp³-hybridized carbons (Fsp3) is 0.286. The Morgan fingerprint density at radius 1 is 1.24 bits per heavy atom. The van der Waals surface area contributed by atoms with E-state index >= 15 is 0 Å². The predicted molar refractivity (Wildman–Crippen MR) is 106 cm³/mol. The zero-order valence-electron chi connectivity index (χ0n) is 14.8. The smallest absolute Gasteiger partial charge is 0.0529 e. The fourth-order valence-corrected chi connectivity index (χ4v) is 3.85. The number of allylic oxidation sites excluding steroid dienone is 1. The van der Waals surface area contributed by atoms with Crippen LogP contribution < -0.4 is 0 Å². The van der Waals surface area contributed by atoms with Gasteiger partial charge in [-0.05, 0) is 67.9 Å². The lowest BCUT2D eigenvalue weighted by molar-refractivity contribution is 0.230. The maximum Gasteiger partial charge on any atom is 0.0529 e. The average molecular weight is 352 g/mol. The number of likely N-dealkylation sites (N-methyl/N-ethyl adjacent to an activating group) is 1. The molecule has 0 N–H and O–H groups in total. The molecule has 0 saturated carbocycles. The van der Waals surface area contributed by atoms with Crippen LogP contribution in [0, 0.1) is 0 Å². The summed E-state index contributed by atoms with van der Waals surface area (Å²) in [5.74, 6) is 0. The molecule has 25 heavy (non-hydrogen) atoms. The van der Waals surface area contributed by atoms with E-state index in [0.717, 1.165) is 18.0 Å². The molecule has 0 unspecified atom stereocenters. The number of rotatable bonds is 2. The third-order valence-electron chi connectivity index (χ3n) is 5.29. The molecule has 1 aromatic carbocycles. The summed E-state index contributed by atoms with van der Waals surface area (Å²) < 4.78 is 2.36. The highest BCUT2D eigenvalue weighted by Gasteiger charge is 2.26. The molecule has 0 bridgehead atoms. The second-order valence-corrected chi connectivity index (χ2v) is 7.41. The third-order valence-corrected chi connectivity index (χ3v) is 5.52. The van der Waals surface area contributed by atoms with E-state index in [2.05, 4.69) is 65.8 Å². The highest BCUT2D eigenvalue weighted by atomic mass is 35.5. The number of fused-ring (bicyclic) bond motifs is 3. The number of aromatic nitrogens is 2. The van der Waals surface area contributed by atoms with Gasteiger partial charge in [0.25, 0.3) is 0 Å². The van der Waals surface area contributed by atoms with Gasteiger partial charge in [-0.2, -0.15) is 0 Å². The molecule has 3 aromatic rings. The highest BCUT2D eigenvalue weighted by molar-refractivity contribution is 6.31. The van der Waals surface area contributed by atoms with Gasteiger partial charge in [-0.3, -0.25) is 9.88 Å². The molecule has 4 rings (SSSR count). The van der Waals surface area contributed by atoms with Gasteiger partial charge in [-0.1, -0.05) is 11.6 Å². The Kier molecular flexibility index (Phi) is 4.14. The van der Waals surface area contributed by atoms with Gasteiger partial charge < -0.3 is 4.57 Å². The first-order chi connectivity index (χ1) is 12.0. The number of halogens is 1. The summed E-state index contributed by atoms with van der Waals surface area (Å²) in [4.78, 5) is 6.53. The van der Waals surface area contributed by atoms with Crippen molar-refractivity contribution in [3.8, 4) is 0 Å². The van der Waals surface area contributed by atoms with Crippen molar-refractivity contribution in [1.82, 2.24) is 14.5 Å². The molecule has 1 atom stereocenters. The van der Waals surface area contributed by atoms with Gasteiger partial charge in [-0.25, -0.2) is 0 Å². The zero-order valence-corrected chi connectivity index (χ0v) is 15.6. The summed E-state index contributed by atoms with van der Waals surface area (Å²) in [5.41, 5.74) is 6.45. The molecule has 128 valence electrons. The van der Waals surface area contributed by atoms with Gasteiger partial charge in [-0.15, -0.1) is 0 Å². The van der Waals surface area contributed by atoms with Crippen molar-refractivity contribution in [1.29, 1.82) is 0 Å². The number of hydrogen-bond donors (Lipinski definition) is 0. The van der Waals surface area contributed by atoms with Crippen LogP contribution in [-0.4, -0.2) is 27.5 Å². The molecule has 0 aliphatic carbocycles. The molecule has 3 heterocycles. The quantitative estimate of drug-likeness (QED) is 0.641. The van der Waals surface area contributed by atoms with Crippen molar-refractivity contribution in [2.45, 2.75) is 32.9 Å². The molecular formula is C21H22ClN3. The first-order valence-corrected chi connectivity index (χ1v) is 9.02. The summed E-state index contributed by atoms with van der Waals surface area (Å²) in [7, 11) is 2.19. The Bertz CT molecular complexity index is 956. The van der Waals surface area contributed by atoms with Gasteiger partial charge in [0.05, 0.1) is 5.52 Å². The van der Waals surface area contributed by atoms with Crippen LogP contribution in [0.15, 0.2) is 42.7 Å². The summed E-state index contributed by atoms with van der Waals surface area (Å²) in [6.45, 7) is 5.40. The normalized spacial score (nSPS) is 18.6. The second kappa shape index (κ2) is 6.32. The van der Waals surface area contributed by atoms with E-state index in [9.17, 15) is 0 Å². The number of hydrogen-bond acceptors (Lipinski definition) is 2. The maximum atomic E-state index is 6.29. The van der Waals surface area contributed by atoms with Crippen molar-refractivity contribution in [3.05, 3.63) is 64.6 Å². The van der Waals surface area contributed by atoms with E-state index in [1.165, 1.54) is 33.3 Å². The minimum Gasteiger partial charge on any atom is -0.320 e. The van der Waals surface area contributed by atoms with Crippen LogP contribution in [0.25, 0.3) is 22.7 Å². The molecule has 1 aliphatic heterocycles. The molecule has 0 radical (unpaired) electrons. The summed E-state index contributed by atoms with van der Waals surface area (Å²) in [5, 5.41) is 2.06. The van der Waals surface area contributed by atoms with Crippen LogP contribution in [0.5, 0.6) is 0 Å². The van der Waals surface area contributed by atoms with Crippen LogP contribution >= 0.6 is 11.6 Å². The van der Waals surface area contributed by atoms with E-state index in [1.807, 2.05) is 18.5 Å². The lowest BCUT2D eigenvalue weighted by atomic mass is 10.00. The van der Waals surface area contributed by atoms with Crippen molar-refractivity contribution >= 4 is 34.3 Å². The predicted octanol–water partition coefficient (Wildman–Crippen LogP) is 5.08. The molecule has 0 amide bonds. The third kappa shape index (κ3) is 2.88. The fourth-order valence-electron chi connectivity index (χ4n) is 3.68. The van der Waals surface area contributed by atoms with Crippen LogP contribution in [0.3, 0.4) is 0 Å². The summed E-state index contributed by atoms with van der Waals surface area (Å²) in [6, 6.07) is 10.9. The monoisotopic (exact) mass is 351 g/mol. The van der Waals surface area contributed by atoms with E-state index in [0.29, 0.717) is 6.04 Å². The van der Waals surface area contributed by atoms with Crippen LogP contribution in [0.2, 0.25) is 5.02 Å². The lowest BCUT2D eigenvalue weighted by Gasteiger charge is -2.30. The second-order valence-electron chi connectivity index (χ2n) is 6.97. The standard InChI is InChI=1S/C21H22ClN3/c1-14(16-6-8-23-9-7-16)12-25-20-5-4-17(22)11-18(20)19-13-24(3)15(2)10-21(19)25/h4-9,11-12,15H,10,13H2,1-3H3/b14-12-/t15-/m0/s1. The van der Waals surface area contributed by atoms with Crippen molar-refractivity contribution < 1.29 is 0 Å². The van der Waals surface area contributed by atoms with Crippen LogP contribution in [0.4, 0.5) is 0 Å². The van der Waals surface area contributed by atoms with Gasteiger partial charge in [0.1, 0.15) is 0 Å². The highest BCUT2D eigenvalue weighted by Crippen LogP contribution is 2.35. The molecule has 2 aromatic heterocycles. The number of nitrogens with zero attached hydrogens (tertiary/aromatic N) is 3. The minimum absolute atomic E-state index is 0.528. The van der Waals surface area contributed by atoms with Gasteiger partial charge >= 0.3 is 0 Å². The van der Waals surface area contributed by atoms with E-state index < -0.39 is 0 Å². The average Bonchev–Trinajstić information content (AvgIpc) is 2.89. The molecule has 0 fully saturated rings.